The number of hydrogen-bond donors (Lipinski definition) is 1. The standard InChI is InChI=1S/C19H36O3/c1-2-3-4-5-6-7-8-9-10-11-12-16(20)17-13-14-18(22-17)19-15-21-19/h16-20H,2-15H2,1H3/t16-,17+,18+,19+/m0/s1. The van der Waals surface area contributed by atoms with Crippen LogP contribution in [0.5, 0.6) is 0 Å². The molecular weight excluding hydrogens is 276 g/mol. The number of epoxide rings is 1. The van der Waals surface area contributed by atoms with Crippen molar-refractivity contribution >= 4 is 0 Å². The second kappa shape index (κ2) is 10.6. The molecule has 2 heterocycles. The van der Waals surface area contributed by atoms with Crippen molar-refractivity contribution in [2.45, 2.75) is 115 Å². The van der Waals surface area contributed by atoms with E-state index >= 15 is 0 Å². The molecule has 22 heavy (non-hydrogen) atoms. The number of ether oxygens (including phenoxy) is 2. The third kappa shape index (κ3) is 6.97. The summed E-state index contributed by atoms with van der Waals surface area (Å²) < 4.78 is 11.2. The van der Waals surface area contributed by atoms with Crippen LogP contribution in [0.4, 0.5) is 0 Å². The zero-order valence-electron chi connectivity index (χ0n) is 14.5. The van der Waals surface area contributed by atoms with Crippen molar-refractivity contribution in [3.63, 3.8) is 0 Å². The molecule has 3 heteroatoms. The summed E-state index contributed by atoms with van der Waals surface area (Å²) in [5.41, 5.74) is 0. The number of aliphatic hydroxyl groups excluding tert-OH is 1. The Morgan fingerprint density at radius 1 is 0.864 bits per heavy atom. The summed E-state index contributed by atoms with van der Waals surface area (Å²) in [4.78, 5) is 0. The maximum absolute atomic E-state index is 10.2. The van der Waals surface area contributed by atoms with E-state index in [9.17, 15) is 5.11 Å². The van der Waals surface area contributed by atoms with Crippen LogP contribution >= 0.6 is 0 Å². The van der Waals surface area contributed by atoms with Crippen molar-refractivity contribution in [2.75, 3.05) is 6.61 Å². The Hall–Kier alpha value is -0.120. The van der Waals surface area contributed by atoms with Crippen molar-refractivity contribution < 1.29 is 14.6 Å². The molecule has 2 aliphatic rings. The molecular formula is C19H36O3. The highest BCUT2D eigenvalue weighted by atomic mass is 16.6. The molecule has 0 aliphatic carbocycles. The zero-order chi connectivity index (χ0) is 15.6. The van der Waals surface area contributed by atoms with Gasteiger partial charge in [-0.3, -0.25) is 0 Å². The van der Waals surface area contributed by atoms with E-state index in [1.807, 2.05) is 0 Å². The van der Waals surface area contributed by atoms with Gasteiger partial charge < -0.3 is 14.6 Å². The topological polar surface area (TPSA) is 42.0 Å². The summed E-state index contributed by atoms with van der Waals surface area (Å²) in [7, 11) is 0. The normalized spacial score (nSPS) is 28.9. The van der Waals surface area contributed by atoms with Crippen LogP contribution in [-0.4, -0.2) is 36.1 Å². The molecule has 0 radical (unpaired) electrons. The molecule has 2 fully saturated rings. The Bertz CT molecular complexity index is 278. The lowest BCUT2D eigenvalue weighted by atomic mass is 10.0. The van der Waals surface area contributed by atoms with E-state index in [4.69, 9.17) is 9.47 Å². The summed E-state index contributed by atoms with van der Waals surface area (Å²) in [6.07, 6.45) is 16.8. The minimum atomic E-state index is -0.266. The van der Waals surface area contributed by atoms with Crippen LogP contribution in [0.25, 0.3) is 0 Å². The highest BCUT2D eigenvalue weighted by Gasteiger charge is 2.40. The van der Waals surface area contributed by atoms with Gasteiger partial charge in [0.05, 0.1) is 24.9 Å². The fraction of sp³-hybridized carbons (Fsp3) is 1.00. The third-order valence-electron chi connectivity index (χ3n) is 5.14. The molecule has 0 unspecified atom stereocenters. The number of unbranched alkanes of at least 4 members (excludes halogenated alkanes) is 9. The minimum absolute atomic E-state index is 0.0627. The second-order valence-electron chi connectivity index (χ2n) is 7.20. The van der Waals surface area contributed by atoms with Crippen LogP contribution in [0.3, 0.4) is 0 Å². The Morgan fingerprint density at radius 3 is 2.05 bits per heavy atom. The Morgan fingerprint density at radius 2 is 1.45 bits per heavy atom. The average Bonchev–Trinajstić information content (AvgIpc) is 3.26. The van der Waals surface area contributed by atoms with Gasteiger partial charge >= 0.3 is 0 Å². The van der Waals surface area contributed by atoms with E-state index in [2.05, 4.69) is 6.92 Å². The Kier molecular flexibility index (Phi) is 8.79. The summed E-state index contributed by atoms with van der Waals surface area (Å²) in [6.45, 7) is 3.12. The monoisotopic (exact) mass is 312 g/mol. The van der Waals surface area contributed by atoms with E-state index in [-0.39, 0.29) is 18.3 Å². The lowest BCUT2D eigenvalue weighted by Gasteiger charge is -2.18. The summed E-state index contributed by atoms with van der Waals surface area (Å²) in [5.74, 6) is 0. The van der Waals surface area contributed by atoms with Gasteiger partial charge in [0.15, 0.2) is 0 Å². The molecule has 2 rings (SSSR count). The van der Waals surface area contributed by atoms with Gasteiger partial charge in [-0.1, -0.05) is 71.1 Å². The lowest BCUT2D eigenvalue weighted by Crippen LogP contribution is -2.27. The van der Waals surface area contributed by atoms with Crippen LogP contribution in [0.15, 0.2) is 0 Å². The van der Waals surface area contributed by atoms with Gasteiger partial charge in [-0.25, -0.2) is 0 Å². The molecule has 0 saturated carbocycles. The first-order valence-corrected chi connectivity index (χ1v) is 9.76. The summed E-state index contributed by atoms with van der Waals surface area (Å²) in [6, 6.07) is 0. The molecule has 2 aliphatic heterocycles. The molecule has 130 valence electrons. The highest BCUT2D eigenvalue weighted by molar-refractivity contribution is 4.88. The van der Waals surface area contributed by atoms with Gasteiger partial charge in [0.25, 0.3) is 0 Å². The highest BCUT2D eigenvalue weighted by Crippen LogP contribution is 2.31. The molecule has 0 amide bonds. The second-order valence-corrected chi connectivity index (χ2v) is 7.20. The van der Waals surface area contributed by atoms with Gasteiger partial charge in [-0.05, 0) is 19.3 Å². The lowest BCUT2D eigenvalue weighted by molar-refractivity contribution is -0.0443. The molecule has 0 bridgehead atoms. The molecule has 0 aromatic rings. The molecule has 2 saturated heterocycles. The predicted octanol–water partition coefficient (Wildman–Crippen LogP) is 4.60. The fourth-order valence-corrected chi connectivity index (χ4v) is 3.54. The first-order chi connectivity index (χ1) is 10.8. The number of hydrogen-bond acceptors (Lipinski definition) is 3. The zero-order valence-corrected chi connectivity index (χ0v) is 14.5. The van der Waals surface area contributed by atoms with E-state index in [0.29, 0.717) is 6.10 Å². The van der Waals surface area contributed by atoms with Crippen molar-refractivity contribution in [3.8, 4) is 0 Å². The quantitative estimate of drug-likeness (QED) is 0.399. The molecule has 0 aromatic heterocycles. The smallest absolute Gasteiger partial charge is 0.107 e. The molecule has 0 spiro atoms. The third-order valence-corrected chi connectivity index (χ3v) is 5.14. The van der Waals surface area contributed by atoms with Crippen LogP contribution in [0, 0.1) is 0 Å². The first-order valence-electron chi connectivity index (χ1n) is 9.76. The van der Waals surface area contributed by atoms with E-state index in [0.717, 1.165) is 32.3 Å². The van der Waals surface area contributed by atoms with Gasteiger partial charge in [0.1, 0.15) is 6.10 Å². The van der Waals surface area contributed by atoms with Gasteiger partial charge in [0, 0.05) is 0 Å². The number of aliphatic hydroxyl groups is 1. The minimum Gasteiger partial charge on any atom is -0.390 e. The maximum atomic E-state index is 10.2. The van der Waals surface area contributed by atoms with Crippen molar-refractivity contribution in [1.29, 1.82) is 0 Å². The van der Waals surface area contributed by atoms with E-state index in [1.165, 1.54) is 57.8 Å². The van der Waals surface area contributed by atoms with Gasteiger partial charge in [0.2, 0.25) is 0 Å². The largest absolute Gasteiger partial charge is 0.390 e. The Labute approximate surface area is 136 Å². The van der Waals surface area contributed by atoms with E-state index < -0.39 is 0 Å². The predicted molar refractivity (Wildman–Crippen MR) is 90.1 cm³/mol. The van der Waals surface area contributed by atoms with Crippen LogP contribution < -0.4 is 0 Å². The Balaban J connectivity index is 1.37. The van der Waals surface area contributed by atoms with Gasteiger partial charge in [-0.15, -0.1) is 0 Å². The summed E-state index contributed by atoms with van der Waals surface area (Å²) in [5, 5.41) is 10.2. The maximum Gasteiger partial charge on any atom is 0.107 e. The van der Waals surface area contributed by atoms with Gasteiger partial charge in [-0.2, -0.15) is 0 Å². The van der Waals surface area contributed by atoms with Crippen molar-refractivity contribution in [1.82, 2.24) is 0 Å². The van der Waals surface area contributed by atoms with Crippen molar-refractivity contribution in [3.05, 3.63) is 0 Å². The molecule has 3 nitrogen and oxygen atoms in total. The molecule has 1 N–H and O–H groups in total. The SMILES string of the molecule is CCCCCCCCCCCC[C@H](O)[C@H]1CC[C@H]([C@H]2CO2)O1. The van der Waals surface area contributed by atoms with Crippen LogP contribution in [0.1, 0.15) is 90.4 Å². The van der Waals surface area contributed by atoms with Crippen molar-refractivity contribution in [2.24, 2.45) is 0 Å². The number of rotatable bonds is 13. The van der Waals surface area contributed by atoms with Crippen LogP contribution in [0.2, 0.25) is 0 Å². The molecule has 0 aromatic carbocycles. The first kappa shape index (κ1) is 18.2. The average molecular weight is 312 g/mol. The van der Waals surface area contributed by atoms with Crippen LogP contribution in [-0.2, 0) is 9.47 Å². The molecule has 4 atom stereocenters. The fourth-order valence-electron chi connectivity index (χ4n) is 3.54. The van der Waals surface area contributed by atoms with E-state index in [1.54, 1.807) is 0 Å². The summed E-state index contributed by atoms with van der Waals surface area (Å²) >= 11 is 0.